The Morgan fingerprint density at radius 2 is 1.27 bits per heavy atom. The Bertz CT molecular complexity index is 296. The molecule has 1 heteroatoms. The SMILES string of the molecule is CC.Cc1cc(C(C)(C)C)cc(C)c1Br. The average molecular weight is 271 g/mol. The first-order valence-electron chi connectivity index (χ1n) is 5.59. The Morgan fingerprint density at radius 3 is 1.53 bits per heavy atom. The van der Waals surface area contributed by atoms with Crippen molar-refractivity contribution in [3.63, 3.8) is 0 Å². The molecule has 86 valence electrons. The molecule has 0 amide bonds. The van der Waals surface area contributed by atoms with Crippen molar-refractivity contribution in [2.75, 3.05) is 0 Å². The summed E-state index contributed by atoms with van der Waals surface area (Å²) < 4.78 is 1.24. The van der Waals surface area contributed by atoms with Gasteiger partial charge in [-0.1, -0.05) is 62.7 Å². The lowest BCUT2D eigenvalue weighted by Gasteiger charge is -2.21. The molecule has 0 saturated carbocycles. The van der Waals surface area contributed by atoms with Gasteiger partial charge in [0.15, 0.2) is 0 Å². The van der Waals surface area contributed by atoms with E-state index in [2.05, 4.69) is 62.7 Å². The summed E-state index contributed by atoms with van der Waals surface area (Å²) in [6, 6.07) is 4.52. The maximum Gasteiger partial charge on any atom is 0.0233 e. The van der Waals surface area contributed by atoms with E-state index < -0.39 is 0 Å². The van der Waals surface area contributed by atoms with Crippen LogP contribution in [0.2, 0.25) is 0 Å². The predicted molar refractivity (Wildman–Crippen MR) is 73.7 cm³/mol. The Balaban J connectivity index is 0.000000921. The van der Waals surface area contributed by atoms with Gasteiger partial charge in [0.25, 0.3) is 0 Å². The molecule has 0 aliphatic rings. The zero-order chi connectivity index (χ0) is 12.2. The summed E-state index contributed by atoms with van der Waals surface area (Å²) in [7, 11) is 0. The highest BCUT2D eigenvalue weighted by molar-refractivity contribution is 9.10. The van der Waals surface area contributed by atoms with E-state index in [0.29, 0.717) is 0 Å². The van der Waals surface area contributed by atoms with Gasteiger partial charge in [-0.15, -0.1) is 0 Å². The van der Waals surface area contributed by atoms with E-state index in [9.17, 15) is 0 Å². The van der Waals surface area contributed by atoms with Crippen molar-refractivity contribution in [1.29, 1.82) is 0 Å². The highest BCUT2D eigenvalue weighted by atomic mass is 79.9. The summed E-state index contributed by atoms with van der Waals surface area (Å²) in [5, 5.41) is 0. The quantitative estimate of drug-likeness (QED) is 0.593. The van der Waals surface area contributed by atoms with Crippen molar-refractivity contribution in [2.24, 2.45) is 0 Å². The zero-order valence-corrected chi connectivity index (χ0v) is 12.6. The Morgan fingerprint density at radius 1 is 0.933 bits per heavy atom. The van der Waals surface area contributed by atoms with Crippen LogP contribution in [0.3, 0.4) is 0 Å². The first kappa shape index (κ1) is 14.7. The monoisotopic (exact) mass is 270 g/mol. The maximum atomic E-state index is 3.58. The minimum Gasteiger partial charge on any atom is -0.0683 e. The molecule has 0 N–H and O–H groups in total. The number of hydrogen-bond donors (Lipinski definition) is 0. The molecule has 1 aromatic rings. The zero-order valence-electron chi connectivity index (χ0n) is 11.0. The molecule has 0 aromatic heterocycles. The third-order valence-electron chi connectivity index (χ3n) is 2.30. The average Bonchev–Trinajstić information content (AvgIpc) is 2.15. The highest BCUT2D eigenvalue weighted by Gasteiger charge is 2.15. The molecule has 0 spiro atoms. The summed E-state index contributed by atoms with van der Waals surface area (Å²) in [5.41, 5.74) is 4.30. The first-order valence-corrected chi connectivity index (χ1v) is 6.39. The van der Waals surface area contributed by atoms with Crippen molar-refractivity contribution in [3.8, 4) is 0 Å². The molecule has 0 atom stereocenters. The normalized spacial score (nSPS) is 10.7. The van der Waals surface area contributed by atoms with E-state index >= 15 is 0 Å². The minimum absolute atomic E-state index is 0.246. The van der Waals surface area contributed by atoms with Crippen LogP contribution in [0.4, 0.5) is 0 Å². The summed E-state index contributed by atoms with van der Waals surface area (Å²) >= 11 is 3.58. The molecule has 0 heterocycles. The van der Waals surface area contributed by atoms with Crippen LogP contribution < -0.4 is 0 Å². The fraction of sp³-hybridized carbons (Fsp3) is 0.571. The molecule has 1 rings (SSSR count). The Kier molecular flexibility index (Phi) is 5.58. The van der Waals surface area contributed by atoms with Gasteiger partial charge in [0.1, 0.15) is 0 Å². The molecule has 0 saturated heterocycles. The second-order valence-corrected chi connectivity index (χ2v) is 5.47. The standard InChI is InChI=1S/C12H17Br.C2H6/c1-8-6-10(12(3,4)5)7-9(2)11(8)13;1-2/h6-7H,1-5H3;1-2H3. The van der Waals surface area contributed by atoms with E-state index in [1.54, 1.807) is 0 Å². The number of rotatable bonds is 0. The topological polar surface area (TPSA) is 0 Å². The van der Waals surface area contributed by atoms with Gasteiger partial charge in [-0.05, 0) is 36.0 Å². The van der Waals surface area contributed by atoms with Crippen molar-refractivity contribution in [3.05, 3.63) is 33.3 Å². The third kappa shape index (κ3) is 3.98. The highest BCUT2D eigenvalue weighted by Crippen LogP contribution is 2.29. The van der Waals surface area contributed by atoms with Crippen LogP contribution >= 0.6 is 15.9 Å². The van der Waals surface area contributed by atoms with Crippen LogP contribution in [0, 0.1) is 13.8 Å². The predicted octanol–water partition coefficient (Wildman–Crippen LogP) is 5.39. The minimum atomic E-state index is 0.246. The van der Waals surface area contributed by atoms with Crippen LogP contribution in [0.1, 0.15) is 51.3 Å². The lowest BCUT2D eigenvalue weighted by Crippen LogP contribution is -2.11. The van der Waals surface area contributed by atoms with Gasteiger partial charge in [-0.25, -0.2) is 0 Å². The molecule has 0 aliphatic heterocycles. The first-order chi connectivity index (χ1) is 6.82. The fourth-order valence-electron chi connectivity index (χ4n) is 1.38. The second kappa shape index (κ2) is 5.69. The lowest BCUT2D eigenvalue weighted by molar-refractivity contribution is 0.589. The molecule has 0 nitrogen and oxygen atoms in total. The van der Waals surface area contributed by atoms with E-state index in [0.717, 1.165) is 0 Å². The Labute approximate surface area is 103 Å². The summed E-state index contributed by atoms with van der Waals surface area (Å²) in [5.74, 6) is 0. The molecule has 0 aliphatic carbocycles. The summed E-state index contributed by atoms with van der Waals surface area (Å²) in [6.45, 7) is 15.0. The van der Waals surface area contributed by atoms with Gasteiger partial charge in [0, 0.05) is 4.47 Å². The van der Waals surface area contributed by atoms with E-state index in [1.165, 1.54) is 21.2 Å². The van der Waals surface area contributed by atoms with E-state index in [-0.39, 0.29) is 5.41 Å². The molecule has 0 radical (unpaired) electrons. The fourth-order valence-corrected chi connectivity index (χ4v) is 1.61. The number of hydrogen-bond acceptors (Lipinski definition) is 0. The number of aryl methyl sites for hydroxylation is 2. The third-order valence-corrected chi connectivity index (χ3v) is 3.55. The van der Waals surface area contributed by atoms with Crippen LogP contribution in [0.5, 0.6) is 0 Å². The Hall–Kier alpha value is -0.300. The van der Waals surface area contributed by atoms with E-state index in [1.807, 2.05) is 13.8 Å². The van der Waals surface area contributed by atoms with Gasteiger partial charge in [0.05, 0.1) is 0 Å². The summed E-state index contributed by atoms with van der Waals surface area (Å²) in [6.07, 6.45) is 0. The maximum absolute atomic E-state index is 3.58. The van der Waals surface area contributed by atoms with Crippen LogP contribution in [-0.4, -0.2) is 0 Å². The van der Waals surface area contributed by atoms with Crippen LogP contribution in [-0.2, 0) is 5.41 Å². The molecular formula is C14H23Br. The number of halogens is 1. The van der Waals surface area contributed by atoms with Gasteiger partial charge < -0.3 is 0 Å². The van der Waals surface area contributed by atoms with Crippen molar-refractivity contribution in [1.82, 2.24) is 0 Å². The van der Waals surface area contributed by atoms with Gasteiger partial charge >= 0.3 is 0 Å². The van der Waals surface area contributed by atoms with E-state index in [4.69, 9.17) is 0 Å². The molecule has 1 aromatic carbocycles. The van der Waals surface area contributed by atoms with Crippen LogP contribution in [0.15, 0.2) is 16.6 Å². The van der Waals surface area contributed by atoms with Gasteiger partial charge in [-0.2, -0.15) is 0 Å². The largest absolute Gasteiger partial charge is 0.0683 e. The molecular weight excluding hydrogens is 248 g/mol. The summed E-state index contributed by atoms with van der Waals surface area (Å²) in [4.78, 5) is 0. The molecule has 15 heavy (non-hydrogen) atoms. The molecule has 0 fully saturated rings. The van der Waals surface area contributed by atoms with Crippen molar-refractivity contribution >= 4 is 15.9 Å². The van der Waals surface area contributed by atoms with Gasteiger partial charge in [-0.3, -0.25) is 0 Å². The second-order valence-electron chi connectivity index (χ2n) is 4.67. The lowest BCUT2D eigenvalue weighted by atomic mass is 9.85. The van der Waals surface area contributed by atoms with Crippen molar-refractivity contribution in [2.45, 2.75) is 53.9 Å². The molecule has 0 bridgehead atoms. The number of benzene rings is 1. The smallest absolute Gasteiger partial charge is 0.0233 e. The van der Waals surface area contributed by atoms with Gasteiger partial charge in [0.2, 0.25) is 0 Å². The van der Waals surface area contributed by atoms with Crippen LogP contribution in [0.25, 0.3) is 0 Å². The van der Waals surface area contributed by atoms with Crippen molar-refractivity contribution < 1.29 is 0 Å². The molecule has 0 unspecified atom stereocenters.